The third kappa shape index (κ3) is 7.24. The van der Waals surface area contributed by atoms with E-state index in [-0.39, 0.29) is 29.8 Å². The van der Waals surface area contributed by atoms with Gasteiger partial charge in [-0.3, -0.25) is 0 Å². The first kappa shape index (κ1) is 41.9. The minimum atomic E-state index is -11.2. The fraction of sp³-hybridized carbons (Fsp3) is 0.125. The van der Waals surface area contributed by atoms with Gasteiger partial charge in [-0.15, -0.1) is 0 Å². The van der Waals surface area contributed by atoms with Crippen LogP contribution in [0.1, 0.15) is 18.1 Å². The SMILES string of the molecule is [C-]#[N+]C([N+]#[C-])=C1Cc2c(-c3cc(F)c(S(F)(F)(F)(F)F)c(F)c3)c3c(c(-c4cc(F)c(S(F)(F)(F)(F)F)c(F)c4)c2=C1C)CC(=C(C#N)C#N)C=3SC(F)(F)F. The van der Waals surface area contributed by atoms with Crippen molar-refractivity contribution in [2.75, 3.05) is 0 Å². The standard InChI is InChI=1S/C32H11F17N4S3/c1-12-16(31(52-2)53-3)8-18-24(12)25(13-4-20(33)29(21(34)5-13)55(40,41,42,43)44)19-9-17(15(10-50)11-51)28(54-32(37,38)39)27(19)26(18)14-6-22(35)30(23(36)7-14)56(45,46,47,48)49/h4-7H,8-9H2,1H3. The van der Waals surface area contributed by atoms with Crippen LogP contribution < -0.4 is 10.4 Å². The van der Waals surface area contributed by atoms with Gasteiger partial charge in [-0.05, 0) is 99.1 Å². The number of rotatable bonds is 5. The summed E-state index contributed by atoms with van der Waals surface area (Å²) in [7, 11) is -22.4. The van der Waals surface area contributed by atoms with E-state index >= 15 is 17.6 Å². The molecule has 5 rings (SSSR count). The van der Waals surface area contributed by atoms with Crippen LogP contribution in [0.15, 0.2) is 56.6 Å². The molecule has 3 aromatic carbocycles. The molecule has 0 aliphatic heterocycles. The summed E-state index contributed by atoms with van der Waals surface area (Å²) in [6, 6.07) is 1.13. The Hall–Kier alpha value is -5.30. The second kappa shape index (κ2) is 11.4. The topological polar surface area (TPSA) is 56.3 Å². The Balaban J connectivity index is 2.19. The van der Waals surface area contributed by atoms with E-state index < -0.39 is 155 Å². The number of alkyl halides is 3. The molecule has 296 valence electrons. The molecule has 0 N–H and O–H groups in total. The van der Waals surface area contributed by atoms with Gasteiger partial charge < -0.3 is 0 Å². The predicted molar refractivity (Wildman–Crippen MR) is 171 cm³/mol. The van der Waals surface area contributed by atoms with E-state index in [2.05, 4.69) is 9.69 Å². The molecule has 0 fully saturated rings. The molecule has 0 spiro atoms. The van der Waals surface area contributed by atoms with Gasteiger partial charge in [0, 0.05) is 16.5 Å². The van der Waals surface area contributed by atoms with Crippen molar-refractivity contribution in [1.29, 1.82) is 10.5 Å². The van der Waals surface area contributed by atoms with E-state index in [9.17, 15) is 62.6 Å². The summed E-state index contributed by atoms with van der Waals surface area (Å²) in [5.74, 6) is -12.8. The number of hydrogen-bond donors (Lipinski definition) is 0. The zero-order valence-electron chi connectivity index (χ0n) is 26.7. The minimum absolute atomic E-state index is 0.317. The molecule has 2 aliphatic rings. The number of nitriles is 2. The lowest BCUT2D eigenvalue weighted by atomic mass is 9.87. The van der Waals surface area contributed by atoms with E-state index in [0.29, 0.717) is 0 Å². The molecule has 0 saturated heterocycles. The highest BCUT2D eigenvalue weighted by Gasteiger charge is 2.70. The maximum Gasteiger partial charge on any atom is 0.523 e. The van der Waals surface area contributed by atoms with E-state index in [1.807, 2.05) is 0 Å². The van der Waals surface area contributed by atoms with Crippen LogP contribution in [-0.2, 0) is 12.8 Å². The minimum Gasteiger partial charge on any atom is -0.205 e. The molecular weight excluding hydrogens is 860 g/mol. The molecule has 0 atom stereocenters. The van der Waals surface area contributed by atoms with Crippen LogP contribution in [-0.4, -0.2) is 5.51 Å². The van der Waals surface area contributed by atoms with Crippen LogP contribution >= 0.6 is 32.2 Å². The van der Waals surface area contributed by atoms with Crippen LogP contribution in [0, 0.1) is 59.1 Å². The largest absolute Gasteiger partial charge is 0.523 e. The Labute approximate surface area is 306 Å². The first-order chi connectivity index (χ1) is 25.1. The lowest BCUT2D eigenvalue weighted by molar-refractivity contribution is -0.0318. The average molecular weight is 871 g/mol. The van der Waals surface area contributed by atoms with Gasteiger partial charge in [-0.2, -0.15) is 33.4 Å². The lowest BCUT2D eigenvalue weighted by Crippen LogP contribution is -2.25. The smallest absolute Gasteiger partial charge is 0.205 e. The zero-order chi connectivity index (χ0) is 42.6. The van der Waals surface area contributed by atoms with E-state index in [1.165, 1.54) is 12.1 Å². The summed E-state index contributed by atoms with van der Waals surface area (Å²) in [5.41, 5.74) is -14.0. The fourth-order valence-corrected chi connectivity index (χ4v) is 9.09. The summed E-state index contributed by atoms with van der Waals surface area (Å²) in [6.45, 7) is 15.8. The van der Waals surface area contributed by atoms with Crippen molar-refractivity contribution in [1.82, 2.24) is 0 Å². The first-order valence-corrected chi connectivity index (χ1v) is 19.0. The summed E-state index contributed by atoms with van der Waals surface area (Å²) in [5, 5.41) is 17.6. The first-order valence-electron chi connectivity index (χ1n) is 14.2. The number of nitrogens with zero attached hydrogens (tertiary/aromatic N) is 4. The Bertz CT molecular complexity index is 2680. The van der Waals surface area contributed by atoms with Gasteiger partial charge in [0.15, 0.2) is 9.79 Å². The van der Waals surface area contributed by atoms with Crippen LogP contribution in [0.3, 0.4) is 0 Å². The quantitative estimate of drug-likeness (QED) is 0.146. The maximum atomic E-state index is 15.2. The molecule has 0 unspecified atom stereocenters. The van der Waals surface area contributed by atoms with Gasteiger partial charge in [0.1, 0.15) is 54.1 Å². The highest BCUT2D eigenvalue weighted by molar-refractivity contribution is 8.46. The third-order valence-corrected chi connectivity index (χ3v) is 11.5. The molecule has 56 heavy (non-hydrogen) atoms. The average Bonchev–Trinajstić information content (AvgIpc) is 3.50. The van der Waals surface area contributed by atoms with Crippen LogP contribution in [0.2, 0.25) is 0 Å². The molecule has 0 radical (unpaired) electrons. The van der Waals surface area contributed by atoms with Gasteiger partial charge in [0.2, 0.25) is 0 Å². The molecule has 3 aromatic rings. The van der Waals surface area contributed by atoms with Gasteiger partial charge >= 0.3 is 31.8 Å². The molecule has 0 aromatic heterocycles. The summed E-state index contributed by atoms with van der Waals surface area (Å²) < 4.78 is 240. The van der Waals surface area contributed by atoms with Crippen LogP contribution in [0.25, 0.3) is 42.4 Å². The Kier molecular flexibility index (Phi) is 8.52. The van der Waals surface area contributed by atoms with E-state index in [1.54, 1.807) is 0 Å². The van der Waals surface area contributed by atoms with Gasteiger partial charge in [0.25, 0.3) is 0 Å². The van der Waals surface area contributed by atoms with Crippen molar-refractivity contribution in [3.63, 3.8) is 0 Å². The highest BCUT2D eigenvalue weighted by Crippen LogP contribution is 3.03. The van der Waals surface area contributed by atoms with E-state index in [4.69, 9.17) is 13.1 Å². The monoisotopic (exact) mass is 870 g/mol. The summed E-state index contributed by atoms with van der Waals surface area (Å²) in [4.78, 5) is -2.65. The molecule has 4 nitrogen and oxygen atoms in total. The number of benzene rings is 3. The lowest BCUT2D eigenvalue weighted by Gasteiger charge is -2.40. The van der Waals surface area contributed by atoms with Gasteiger partial charge in [-0.1, -0.05) is 38.9 Å². The zero-order valence-corrected chi connectivity index (χ0v) is 29.1. The Morgan fingerprint density at radius 2 is 1.02 bits per heavy atom. The van der Waals surface area contributed by atoms with Crippen LogP contribution in [0.5, 0.6) is 0 Å². The summed E-state index contributed by atoms with van der Waals surface area (Å²) in [6.07, 6.45) is -2.09. The van der Waals surface area contributed by atoms with Gasteiger partial charge in [-0.25, -0.2) is 17.6 Å². The normalized spacial score (nSPS) is 16.7. The highest BCUT2D eigenvalue weighted by atomic mass is 32.5. The van der Waals surface area contributed by atoms with Crippen molar-refractivity contribution < 1.29 is 69.6 Å². The fourth-order valence-electron chi connectivity index (χ4n) is 6.52. The second-order valence-corrected chi connectivity index (χ2v) is 17.7. The molecular formula is C32H11F17N4S3. The van der Waals surface area contributed by atoms with Crippen molar-refractivity contribution in [2.45, 2.75) is 35.1 Å². The van der Waals surface area contributed by atoms with Crippen molar-refractivity contribution in [3.05, 3.63) is 114 Å². The molecule has 24 heteroatoms. The number of allylic oxidation sites excluding steroid dienone is 2. The molecule has 2 aliphatic carbocycles. The Morgan fingerprint density at radius 3 is 1.36 bits per heavy atom. The van der Waals surface area contributed by atoms with E-state index in [0.717, 1.165) is 6.92 Å². The van der Waals surface area contributed by atoms with Crippen molar-refractivity contribution in [3.8, 4) is 34.4 Å². The molecule has 0 heterocycles. The second-order valence-electron chi connectivity index (χ2n) is 11.9. The third-order valence-electron chi connectivity index (χ3n) is 8.31. The van der Waals surface area contributed by atoms with Gasteiger partial charge in [0.05, 0.1) is 5.57 Å². The number of hydrogen-bond acceptors (Lipinski definition) is 3. The maximum absolute atomic E-state index is 15.2. The number of halogens is 17. The molecule has 0 amide bonds. The van der Waals surface area contributed by atoms with Crippen LogP contribution in [0.4, 0.5) is 69.6 Å². The van der Waals surface area contributed by atoms with Crippen molar-refractivity contribution in [2.24, 2.45) is 0 Å². The molecule has 0 bridgehead atoms. The predicted octanol–water partition coefficient (Wildman–Crippen LogP) is 12.9. The van der Waals surface area contributed by atoms with Crippen molar-refractivity contribution >= 4 is 42.7 Å². The molecule has 0 saturated carbocycles. The number of thioether (sulfide) groups is 1. The Morgan fingerprint density at radius 1 is 0.661 bits per heavy atom. The summed E-state index contributed by atoms with van der Waals surface area (Å²) >= 11 is -1.16. The number of fused-ring (bicyclic) bond motifs is 2.